The van der Waals surface area contributed by atoms with E-state index in [1.165, 1.54) is 6.92 Å². The normalized spacial score (nSPS) is 15.8. The number of carbonyl (C=O) groups excluding carboxylic acids is 3. The molecule has 0 saturated carbocycles. The van der Waals surface area contributed by atoms with Crippen molar-refractivity contribution in [3.8, 4) is 11.5 Å². The Labute approximate surface area is 187 Å². The van der Waals surface area contributed by atoms with Gasteiger partial charge in [-0.2, -0.15) is 0 Å². The summed E-state index contributed by atoms with van der Waals surface area (Å²) in [6.07, 6.45) is 2.92. The predicted octanol–water partition coefficient (Wildman–Crippen LogP) is 3.93. The van der Waals surface area contributed by atoms with Gasteiger partial charge in [-0.05, 0) is 50.3 Å². The molecule has 2 aromatic carbocycles. The highest BCUT2D eigenvalue weighted by molar-refractivity contribution is 6.07. The largest absolute Gasteiger partial charge is 0.486 e. The Balaban J connectivity index is 1.24. The summed E-state index contributed by atoms with van der Waals surface area (Å²) in [4.78, 5) is 38.9. The summed E-state index contributed by atoms with van der Waals surface area (Å²) in [6.45, 7) is 3.80. The Kier molecular flexibility index (Phi) is 6.73. The van der Waals surface area contributed by atoms with Gasteiger partial charge in [0.15, 0.2) is 17.3 Å². The fourth-order valence-electron chi connectivity index (χ4n) is 4.25. The third-order valence-corrected chi connectivity index (χ3v) is 6.04. The highest BCUT2D eigenvalue weighted by Crippen LogP contribution is 2.32. The number of benzene rings is 2. The molecule has 4 rings (SSSR count). The van der Waals surface area contributed by atoms with Crippen molar-refractivity contribution in [1.29, 1.82) is 0 Å². The molecule has 168 valence electrons. The van der Waals surface area contributed by atoms with Gasteiger partial charge in [-0.1, -0.05) is 18.2 Å². The second-order valence-electron chi connectivity index (χ2n) is 8.28. The summed E-state index contributed by atoms with van der Waals surface area (Å²) in [5, 5.41) is 2.93. The maximum absolute atomic E-state index is 12.9. The van der Waals surface area contributed by atoms with E-state index in [4.69, 9.17) is 9.47 Å². The number of nitrogens with zero attached hydrogens (tertiary/aromatic N) is 1. The summed E-state index contributed by atoms with van der Waals surface area (Å²) in [6, 6.07) is 12.4. The third-order valence-electron chi connectivity index (χ3n) is 6.04. The highest BCUT2D eigenvalue weighted by Gasteiger charge is 2.26. The van der Waals surface area contributed by atoms with Gasteiger partial charge < -0.3 is 19.7 Å². The van der Waals surface area contributed by atoms with Gasteiger partial charge in [0.25, 0.3) is 5.91 Å². The van der Waals surface area contributed by atoms with E-state index in [0.717, 1.165) is 19.3 Å². The second kappa shape index (κ2) is 9.85. The predicted molar refractivity (Wildman–Crippen MR) is 120 cm³/mol. The van der Waals surface area contributed by atoms with E-state index in [1.54, 1.807) is 36.4 Å². The van der Waals surface area contributed by atoms with Crippen LogP contribution in [-0.2, 0) is 4.79 Å². The number of nitrogens with one attached hydrogen (secondary N) is 1. The molecule has 7 heteroatoms. The molecule has 0 atom stereocenters. The highest BCUT2D eigenvalue weighted by atomic mass is 16.6. The zero-order valence-electron chi connectivity index (χ0n) is 18.3. The zero-order chi connectivity index (χ0) is 22.5. The minimum Gasteiger partial charge on any atom is -0.486 e. The smallest absolute Gasteiger partial charge is 0.254 e. The molecular weight excluding hydrogens is 408 g/mol. The van der Waals surface area contributed by atoms with Crippen LogP contribution >= 0.6 is 0 Å². The first kappa shape index (κ1) is 21.9. The fraction of sp³-hybridized carbons (Fsp3) is 0.400. The summed E-state index contributed by atoms with van der Waals surface area (Å²) < 4.78 is 11.1. The van der Waals surface area contributed by atoms with Gasteiger partial charge in [0.2, 0.25) is 5.91 Å². The Hall–Kier alpha value is -3.35. The van der Waals surface area contributed by atoms with E-state index in [2.05, 4.69) is 5.32 Å². The monoisotopic (exact) mass is 436 g/mol. The summed E-state index contributed by atoms with van der Waals surface area (Å²) >= 11 is 0. The van der Waals surface area contributed by atoms with Gasteiger partial charge in [-0.25, -0.2) is 0 Å². The molecule has 2 aliphatic rings. The lowest BCUT2D eigenvalue weighted by Crippen LogP contribution is -2.39. The van der Waals surface area contributed by atoms with E-state index in [9.17, 15) is 14.4 Å². The molecule has 0 spiro atoms. The van der Waals surface area contributed by atoms with Crippen LogP contribution in [0.2, 0.25) is 0 Å². The number of carbonyl (C=O) groups is 3. The van der Waals surface area contributed by atoms with Gasteiger partial charge >= 0.3 is 0 Å². The van der Waals surface area contributed by atoms with E-state index in [-0.39, 0.29) is 17.6 Å². The van der Waals surface area contributed by atoms with E-state index < -0.39 is 0 Å². The van der Waals surface area contributed by atoms with Gasteiger partial charge in [-0.15, -0.1) is 0 Å². The van der Waals surface area contributed by atoms with Crippen molar-refractivity contribution in [3.63, 3.8) is 0 Å². The summed E-state index contributed by atoms with van der Waals surface area (Å²) in [7, 11) is 0. The molecule has 0 bridgehead atoms. The number of ketones is 1. The van der Waals surface area contributed by atoms with Crippen molar-refractivity contribution in [1.82, 2.24) is 4.90 Å². The van der Waals surface area contributed by atoms with Gasteiger partial charge in [0, 0.05) is 36.8 Å². The quantitative estimate of drug-likeness (QED) is 0.694. The standard InChI is InChI=1S/C25H28N2O5/c1-17(28)20-4-2-3-5-21(20)25(30)27-12-10-18(11-13-27)6-9-24(29)26-19-7-8-22-23(16-19)32-15-14-31-22/h2-5,7-8,16,18H,6,9-15H2,1H3,(H,26,29). The lowest BCUT2D eigenvalue weighted by molar-refractivity contribution is -0.116. The Morgan fingerprint density at radius 3 is 2.38 bits per heavy atom. The molecule has 1 saturated heterocycles. The maximum atomic E-state index is 12.9. The summed E-state index contributed by atoms with van der Waals surface area (Å²) in [5.74, 6) is 1.51. The first-order valence-electron chi connectivity index (χ1n) is 11.1. The maximum Gasteiger partial charge on any atom is 0.254 e. The Morgan fingerprint density at radius 1 is 0.969 bits per heavy atom. The third kappa shape index (κ3) is 5.10. The van der Waals surface area contributed by atoms with Gasteiger partial charge in [-0.3, -0.25) is 14.4 Å². The molecule has 7 nitrogen and oxygen atoms in total. The van der Waals surface area contributed by atoms with Crippen molar-refractivity contribution >= 4 is 23.3 Å². The molecular formula is C25H28N2O5. The van der Waals surface area contributed by atoms with Crippen molar-refractivity contribution < 1.29 is 23.9 Å². The van der Waals surface area contributed by atoms with Crippen LogP contribution in [-0.4, -0.2) is 48.8 Å². The van der Waals surface area contributed by atoms with Crippen molar-refractivity contribution in [2.24, 2.45) is 5.92 Å². The van der Waals surface area contributed by atoms with Crippen LogP contribution in [0.4, 0.5) is 5.69 Å². The number of hydrogen-bond donors (Lipinski definition) is 1. The number of Topliss-reactive ketones (excluding diaryl/α,β-unsaturated/α-hetero) is 1. The van der Waals surface area contributed by atoms with Crippen LogP contribution in [0.25, 0.3) is 0 Å². The van der Waals surface area contributed by atoms with E-state index in [0.29, 0.717) is 67.0 Å². The first-order valence-corrected chi connectivity index (χ1v) is 11.1. The van der Waals surface area contributed by atoms with Crippen molar-refractivity contribution in [2.75, 3.05) is 31.6 Å². The van der Waals surface area contributed by atoms with E-state index in [1.807, 2.05) is 11.0 Å². The molecule has 2 heterocycles. The van der Waals surface area contributed by atoms with Crippen molar-refractivity contribution in [2.45, 2.75) is 32.6 Å². The lowest BCUT2D eigenvalue weighted by Gasteiger charge is -2.32. The molecule has 1 fully saturated rings. The number of piperidine rings is 1. The number of anilines is 1. The molecule has 2 amide bonds. The lowest BCUT2D eigenvalue weighted by atomic mass is 9.91. The molecule has 0 unspecified atom stereocenters. The Morgan fingerprint density at radius 2 is 1.66 bits per heavy atom. The molecule has 0 aromatic heterocycles. The number of ether oxygens (including phenoxy) is 2. The molecule has 0 aliphatic carbocycles. The number of amides is 2. The van der Waals surface area contributed by atoms with Crippen LogP contribution in [0.3, 0.4) is 0 Å². The van der Waals surface area contributed by atoms with Crippen LogP contribution in [0.15, 0.2) is 42.5 Å². The molecule has 0 radical (unpaired) electrons. The fourth-order valence-corrected chi connectivity index (χ4v) is 4.25. The summed E-state index contributed by atoms with van der Waals surface area (Å²) in [5.41, 5.74) is 1.64. The van der Waals surface area contributed by atoms with Crippen molar-refractivity contribution in [3.05, 3.63) is 53.6 Å². The van der Waals surface area contributed by atoms with Crippen LogP contribution in [0.1, 0.15) is 53.3 Å². The average Bonchev–Trinajstić information content (AvgIpc) is 2.82. The average molecular weight is 437 g/mol. The number of hydrogen-bond acceptors (Lipinski definition) is 5. The minimum atomic E-state index is -0.104. The number of rotatable bonds is 6. The molecule has 1 N–H and O–H groups in total. The second-order valence-corrected chi connectivity index (χ2v) is 8.28. The van der Waals surface area contributed by atoms with Gasteiger partial charge in [0.1, 0.15) is 13.2 Å². The number of fused-ring (bicyclic) bond motifs is 1. The minimum absolute atomic E-state index is 0.0319. The molecule has 32 heavy (non-hydrogen) atoms. The first-order chi connectivity index (χ1) is 15.5. The van der Waals surface area contributed by atoms with Gasteiger partial charge in [0.05, 0.1) is 5.56 Å². The van der Waals surface area contributed by atoms with E-state index >= 15 is 0 Å². The van der Waals surface area contributed by atoms with Crippen LogP contribution < -0.4 is 14.8 Å². The van der Waals surface area contributed by atoms with Crippen LogP contribution in [0.5, 0.6) is 11.5 Å². The SMILES string of the molecule is CC(=O)c1ccccc1C(=O)N1CCC(CCC(=O)Nc2ccc3c(c2)OCCO3)CC1. The van der Waals surface area contributed by atoms with Crippen LogP contribution in [0, 0.1) is 5.92 Å². The number of likely N-dealkylation sites (tertiary alicyclic amines) is 1. The molecule has 2 aliphatic heterocycles. The zero-order valence-corrected chi connectivity index (χ0v) is 18.3. The Bertz CT molecular complexity index is 1010. The topological polar surface area (TPSA) is 84.9 Å². The molecule has 2 aromatic rings.